The Bertz CT molecular complexity index is 335. The molecule has 0 aliphatic carbocycles. The molecule has 0 fully saturated rings. The van der Waals surface area contributed by atoms with E-state index in [1.807, 2.05) is 0 Å². The van der Waals surface area contributed by atoms with Gasteiger partial charge in [-0.1, -0.05) is 0 Å². The molecule has 2 nitrogen and oxygen atoms in total. The van der Waals surface area contributed by atoms with Gasteiger partial charge in [0.1, 0.15) is 11.4 Å². The van der Waals surface area contributed by atoms with Crippen molar-refractivity contribution >= 4 is 27.5 Å². The van der Waals surface area contributed by atoms with E-state index in [4.69, 9.17) is 16.3 Å². The molecule has 0 saturated carbocycles. The summed E-state index contributed by atoms with van der Waals surface area (Å²) >= 11 is 8.70. The van der Waals surface area contributed by atoms with Gasteiger partial charge in [0.2, 0.25) is 0 Å². The van der Waals surface area contributed by atoms with Crippen molar-refractivity contribution in [3.8, 4) is 5.75 Å². The predicted octanol–water partition coefficient (Wildman–Crippen LogP) is 3.53. The smallest absolute Gasteiger partial charge is 0.280 e. The van der Waals surface area contributed by atoms with Crippen LogP contribution in [0.5, 0.6) is 5.75 Å². The second-order valence-electron chi connectivity index (χ2n) is 2.44. The number of nitrogens with zero attached hydrogens (tertiary/aromatic N) is 1. The lowest BCUT2D eigenvalue weighted by atomic mass is 10.2. The van der Waals surface area contributed by atoms with Gasteiger partial charge in [-0.15, -0.1) is 11.6 Å². The number of alkyl halides is 3. The van der Waals surface area contributed by atoms with Crippen LogP contribution in [0.3, 0.4) is 0 Å². The molecule has 0 bridgehead atoms. The second-order valence-corrected chi connectivity index (χ2v) is 3.56. The van der Waals surface area contributed by atoms with Crippen molar-refractivity contribution in [1.29, 1.82) is 0 Å². The van der Waals surface area contributed by atoms with Crippen molar-refractivity contribution in [1.82, 2.24) is 4.98 Å². The number of rotatable bonds is 3. The highest BCUT2D eigenvalue weighted by Crippen LogP contribution is 2.34. The van der Waals surface area contributed by atoms with E-state index in [2.05, 4.69) is 20.9 Å². The fourth-order valence-electron chi connectivity index (χ4n) is 1.06. The predicted molar refractivity (Wildman–Crippen MR) is 53.0 cm³/mol. The summed E-state index contributed by atoms with van der Waals surface area (Å²) in [6.07, 6.45) is -1.37. The fraction of sp³-hybridized carbons (Fsp3) is 0.375. The molecule has 1 aromatic heterocycles. The molecule has 1 aromatic rings. The van der Waals surface area contributed by atoms with Gasteiger partial charge in [0.05, 0.1) is 17.5 Å². The van der Waals surface area contributed by atoms with Gasteiger partial charge in [0.25, 0.3) is 6.43 Å². The Balaban J connectivity index is 3.33. The number of hydrogen-bond acceptors (Lipinski definition) is 2. The van der Waals surface area contributed by atoms with Gasteiger partial charge < -0.3 is 4.74 Å². The van der Waals surface area contributed by atoms with E-state index < -0.39 is 6.43 Å². The molecular weight excluding hydrogens is 279 g/mol. The summed E-state index contributed by atoms with van der Waals surface area (Å²) in [4.78, 5) is 3.60. The van der Waals surface area contributed by atoms with E-state index in [-0.39, 0.29) is 17.1 Å². The van der Waals surface area contributed by atoms with Crippen LogP contribution in [-0.4, -0.2) is 12.1 Å². The summed E-state index contributed by atoms with van der Waals surface area (Å²) in [6.45, 7) is 0. The third kappa shape index (κ3) is 2.15. The van der Waals surface area contributed by atoms with Gasteiger partial charge >= 0.3 is 0 Å². The minimum atomic E-state index is -2.65. The number of hydrogen-bond donors (Lipinski definition) is 0. The van der Waals surface area contributed by atoms with Crippen LogP contribution in [0.1, 0.15) is 17.7 Å². The van der Waals surface area contributed by atoms with E-state index in [0.29, 0.717) is 10.2 Å². The maximum absolute atomic E-state index is 12.5. The SMILES string of the molecule is COc1c(Br)cnc(C(F)F)c1CCl. The Hall–Kier alpha value is -0.420. The highest BCUT2D eigenvalue weighted by molar-refractivity contribution is 9.10. The van der Waals surface area contributed by atoms with Gasteiger partial charge in [-0.25, -0.2) is 8.78 Å². The van der Waals surface area contributed by atoms with Crippen LogP contribution in [0, 0.1) is 0 Å². The average Bonchev–Trinajstić information content (AvgIpc) is 2.16. The summed E-state index contributed by atoms with van der Waals surface area (Å²) in [6, 6.07) is 0. The van der Waals surface area contributed by atoms with Crippen LogP contribution >= 0.6 is 27.5 Å². The number of pyridine rings is 1. The highest BCUT2D eigenvalue weighted by atomic mass is 79.9. The summed E-state index contributed by atoms with van der Waals surface area (Å²) < 4.78 is 30.4. The van der Waals surface area contributed by atoms with E-state index in [1.165, 1.54) is 13.3 Å². The zero-order valence-electron chi connectivity index (χ0n) is 7.23. The first-order valence-electron chi connectivity index (χ1n) is 3.67. The Kier molecular flexibility index (Phi) is 4.07. The van der Waals surface area contributed by atoms with Gasteiger partial charge in [-0.2, -0.15) is 0 Å². The van der Waals surface area contributed by atoms with E-state index >= 15 is 0 Å². The van der Waals surface area contributed by atoms with Crippen molar-refractivity contribution in [2.24, 2.45) is 0 Å². The lowest BCUT2D eigenvalue weighted by Gasteiger charge is -2.11. The van der Waals surface area contributed by atoms with Crippen molar-refractivity contribution in [3.63, 3.8) is 0 Å². The first-order valence-corrected chi connectivity index (χ1v) is 5.00. The standard InChI is InChI=1S/C8H7BrClF2NO/c1-14-7-4(2-10)6(8(11)12)13-3-5(7)9/h3,8H,2H2,1H3. The van der Waals surface area contributed by atoms with E-state index in [1.54, 1.807) is 0 Å². The minimum Gasteiger partial charge on any atom is -0.495 e. The van der Waals surface area contributed by atoms with Crippen molar-refractivity contribution in [2.45, 2.75) is 12.3 Å². The summed E-state index contributed by atoms with van der Waals surface area (Å²) in [5.41, 5.74) is -0.112. The summed E-state index contributed by atoms with van der Waals surface area (Å²) in [5.74, 6) is 0.250. The third-order valence-corrected chi connectivity index (χ3v) is 2.49. The molecule has 0 atom stereocenters. The molecule has 0 spiro atoms. The monoisotopic (exact) mass is 285 g/mol. The van der Waals surface area contributed by atoms with Crippen LogP contribution in [0.25, 0.3) is 0 Å². The van der Waals surface area contributed by atoms with Crippen molar-refractivity contribution in [3.05, 3.63) is 21.9 Å². The second kappa shape index (κ2) is 4.89. The van der Waals surface area contributed by atoms with Gasteiger partial charge in [0.15, 0.2) is 0 Å². The topological polar surface area (TPSA) is 22.1 Å². The van der Waals surface area contributed by atoms with Crippen molar-refractivity contribution in [2.75, 3.05) is 7.11 Å². The molecule has 14 heavy (non-hydrogen) atoms. The Labute approximate surface area is 93.4 Å². The maximum atomic E-state index is 12.5. The molecule has 0 aromatic carbocycles. The minimum absolute atomic E-state index is 0.0602. The molecule has 1 rings (SSSR count). The first-order chi connectivity index (χ1) is 6.61. The highest BCUT2D eigenvalue weighted by Gasteiger charge is 2.19. The summed E-state index contributed by atoms with van der Waals surface area (Å²) in [5, 5.41) is 0. The molecule has 0 unspecified atom stereocenters. The molecule has 1 heterocycles. The molecule has 6 heteroatoms. The van der Waals surface area contributed by atoms with Crippen LogP contribution in [0.2, 0.25) is 0 Å². The lowest BCUT2D eigenvalue weighted by Crippen LogP contribution is -2.01. The number of ether oxygens (including phenoxy) is 1. The third-order valence-electron chi connectivity index (χ3n) is 1.66. The fourth-order valence-corrected chi connectivity index (χ4v) is 1.82. The molecule has 0 saturated heterocycles. The van der Waals surface area contributed by atoms with Crippen LogP contribution < -0.4 is 4.74 Å². The molecule has 0 aliphatic rings. The average molecular weight is 287 g/mol. The van der Waals surface area contributed by atoms with Gasteiger partial charge in [0, 0.05) is 11.8 Å². The van der Waals surface area contributed by atoms with Crippen LogP contribution in [0.4, 0.5) is 8.78 Å². The van der Waals surface area contributed by atoms with E-state index in [0.717, 1.165) is 0 Å². The lowest BCUT2D eigenvalue weighted by molar-refractivity contribution is 0.144. The van der Waals surface area contributed by atoms with Crippen molar-refractivity contribution < 1.29 is 13.5 Å². The first kappa shape index (κ1) is 11.7. The summed E-state index contributed by atoms with van der Waals surface area (Å²) in [7, 11) is 1.39. The molecule has 0 amide bonds. The number of aromatic nitrogens is 1. The van der Waals surface area contributed by atoms with Gasteiger partial charge in [-0.3, -0.25) is 4.98 Å². The molecule has 0 radical (unpaired) electrons. The Morgan fingerprint density at radius 2 is 2.29 bits per heavy atom. The molecule has 0 N–H and O–H groups in total. The number of methoxy groups -OCH3 is 1. The van der Waals surface area contributed by atoms with Crippen LogP contribution in [0.15, 0.2) is 10.7 Å². The van der Waals surface area contributed by atoms with Crippen LogP contribution in [-0.2, 0) is 5.88 Å². The largest absolute Gasteiger partial charge is 0.495 e. The normalized spacial score (nSPS) is 10.7. The zero-order valence-corrected chi connectivity index (χ0v) is 9.57. The molecular formula is C8H7BrClF2NO. The van der Waals surface area contributed by atoms with E-state index in [9.17, 15) is 8.78 Å². The molecule has 0 aliphatic heterocycles. The zero-order chi connectivity index (χ0) is 10.7. The quantitative estimate of drug-likeness (QED) is 0.793. The van der Waals surface area contributed by atoms with Gasteiger partial charge in [-0.05, 0) is 15.9 Å². The number of halogens is 4. The molecule has 78 valence electrons. The maximum Gasteiger partial charge on any atom is 0.280 e. The Morgan fingerprint density at radius 3 is 2.71 bits per heavy atom. The Morgan fingerprint density at radius 1 is 1.64 bits per heavy atom.